The number of piperidine rings is 1. The van der Waals surface area contributed by atoms with E-state index in [1.54, 1.807) is 31.2 Å². The third-order valence-electron chi connectivity index (χ3n) is 5.37. The molecular weight excluding hydrogens is 368 g/mol. The Labute approximate surface area is 170 Å². The van der Waals surface area contributed by atoms with Gasteiger partial charge in [-0.15, -0.1) is 0 Å². The van der Waals surface area contributed by atoms with E-state index in [1.807, 2.05) is 11.8 Å². The lowest BCUT2D eigenvalue weighted by Crippen LogP contribution is -2.42. The van der Waals surface area contributed by atoms with Crippen LogP contribution in [0, 0.1) is 13.8 Å². The van der Waals surface area contributed by atoms with Crippen LogP contribution in [0.5, 0.6) is 0 Å². The van der Waals surface area contributed by atoms with Crippen molar-refractivity contribution in [2.45, 2.75) is 46.1 Å². The van der Waals surface area contributed by atoms with Crippen LogP contribution in [0.2, 0.25) is 0 Å². The molecule has 2 aromatic carbocycles. The minimum absolute atomic E-state index is 0.0166. The van der Waals surface area contributed by atoms with Crippen molar-refractivity contribution < 1.29 is 19.5 Å². The van der Waals surface area contributed by atoms with E-state index in [4.69, 9.17) is 0 Å². The van der Waals surface area contributed by atoms with E-state index in [9.17, 15) is 19.5 Å². The molecule has 1 heterocycles. The van der Waals surface area contributed by atoms with Crippen LogP contribution in [0.4, 0.5) is 5.69 Å². The maximum atomic E-state index is 12.8. The highest BCUT2D eigenvalue weighted by Crippen LogP contribution is 2.23. The number of likely N-dealkylation sites (tertiary alicyclic amines) is 1. The van der Waals surface area contributed by atoms with Gasteiger partial charge in [0, 0.05) is 29.4 Å². The second kappa shape index (κ2) is 8.47. The Kier molecular flexibility index (Phi) is 6.01. The molecule has 2 amide bonds. The molecule has 0 aliphatic carbocycles. The number of carboxylic acids is 1. The Hall–Kier alpha value is -3.15. The molecule has 6 heteroatoms. The summed E-state index contributed by atoms with van der Waals surface area (Å²) in [5.74, 6) is -1.44. The van der Waals surface area contributed by atoms with Gasteiger partial charge in [-0.3, -0.25) is 9.59 Å². The van der Waals surface area contributed by atoms with E-state index in [2.05, 4.69) is 12.2 Å². The smallest absolute Gasteiger partial charge is 0.335 e. The molecule has 2 N–H and O–H groups in total. The minimum atomic E-state index is -1.08. The van der Waals surface area contributed by atoms with Gasteiger partial charge in [0.25, 0.3) is 11.8 Å². The van der Waals surface area contributed by atoms with Crippen LogP contribution in [0.25, 0.3) is 0 Å². The second-order valence-corrected chi connectivity index (χ2v) is 7.72. The van der Waals surface area contributed by atoms with Crippen LogP contribution < -0.4 is 5.32 Å². The van der Waals surface area contributed by atoms with E-state index < -0.39 is 5.97 Å². The van der Waals surface area contributed by atoms with Crippen molar-refractivity contribution in [3.63, 3.8) is 0 Å². The quantitative estimate of drug-likeness (QED) is 0.811. The number of aryl methyl sites for hydroxylation is 2. The Bertz CT molecular complexity index is 967. The van der Waals surface area contributed by atoms with Crippen LogP contribution in [-0.4, -0.2) is 40.4 Å². The van der Waals surface area contributed by atoms with Gasteiger partial charge in [0.2, 0.25) is 0 Å². The van der Waals surface area contributed by atoms with Gasteiger partial charge < -0.3 is 15.3 Å². The summed E-state index contributed by atoms with van der Waals surface area (Å²) in [7, 11) is 0. The first kappa shape index (κ1) is 20.6. The first-order valence-corrected chi connectivity index (χ1v) is 9.84. The van der Waals surface area contributed by atoms with E-state index in [-0.39, 0.29) is 29.0 Å². The summed E-state index contributed by atoms with van der Waals surface area (Å²) in [6.07, 6.45) is 3.20. The molecule has 1 atom stereocenters. The standard InChI is InChI=1S/C23H26N2O4/c1-14-10-18(13-19(11-14)23(28)29)21(26)24-20-8-7-17(12-15(20)2)22(27)25-9-5-4-6-16(25)3/h7-8,10-13,16H,4-6,9H2,1-3H3,(H,24,26)(H,28,29). The zero-order valence-corrected chi connectivity index (χ0v) is 17.0. The summed E-state index contributed by atoms with van der Waals surface area (Å²) in [5, 5.41) is 12.0. The van der Waals surface area contributed by atoms with Gasteiger partial charge in [0.05, 0.1) is 5.56 Å². The Balaban J connectivity index is 1.78. The number of carboxylic acid groups (broad SMARTS) is 1. The Morgan fingerprint density at radius 2 is 1.72 bits per heavy atom. The van der Waals surface area contributed by atoms with Crippen molar-refractivity contribution >= 4 is 23.5 Å². The van der Waals surface area contributed by atoms with Crippen LogP contribution in [-0.2, 0) is 0 Å². The number of hydrogen-bond acceptors (Lipinski definition) is 3. The van der Waals surface area contributed by atoms with Crippen molar-refractivity contribution in [2.24, 2.45) is 0 Å². The lowest BCUT2D eigenvalue weighted by molar-refractivity contribution is 0.0634. The molecule has 1 aliphatic heterocycles. The van der Waals surface area contributed by atoms with Crippen LogP contribution in [0.1, 0.15) is 68.4 Å². The average Bonchev–Trinajstić information content (AvgIpc) is 2.68. The average molecular weight is 394 g/mol. The fourth-order valence-corrected chi connectivity index (χ4v) is 3.73. The zero-order valence-electron chi connectivity index (χ0n) is 17.0. The topological polar surface area (TPSA) is 86.7 Å². The first-order chi connectivity index (χ1) is 13.8. The normalized spacial score (nSPS) is 16.4. The summed E-state index contributed by atoms with van der Waals surface area (Å²) >= 11 is 0. The van der Waals surface area contributed by atoms with Gasteiger partial charge in [-0.05, 0) is 87.6 Å². The lowest BCUT2D eigenvalue weighted by Gasteiger charge is -2.33. The van der Waals surface area contributed by atoms with Crippen molar-refractivity contribution in [3.8, 4) is 0 Å². The number of rotatable bonds is 4. The number of benzene rings is 2. The highest BCUT2D eigenvalue weighted by Gasteiger charge is 2.24. The van der Waals surface area contributed by atoms with Gasteiger partial charge in [-0.2, -0.15) is 0 Å². The maximum Gasteiger partial charge on any atom is 0.335 e. The van der Waals surface area contributed by atoms with Crippen LogP contribution >= 0.6 is 0 Å². The zero-order chi connectivity index (χ0) is 21.1. The second-order valence-electron chi connectivity index (χ2n) is 7.72. The van der Waals surface area contributed by atoms with Gasteiger partial charge in [-0.1, -0.05) is 0 Å². The number of aromatic carboxylic acids is 1. The van der Waals surface area contributed by atoms with Crippen LogP contribution in [0.15, 0.2) is 36.4 Å². The number of hydrogen-bond donors (Lipinski definition) is 2. The van der Waals surface area contributed by atoms with Crippen LogP contribution in [0.3, 0.4) is 0 Å². The Morgan fingerprint density at radius 1 is 1.00 bits per heavy atom. The number of carbonyl (C=O) groups is 3. The van der Waals surface area contributed by atoms with E-state index in [0.717, 1.165) is 31.4 Å². The van der Waals surface area contributed by atoms with E-state index in [1.165, 1.54) is 12.1 Å². The molecule has 1 aliphatic rings. The fourth-order valence-electron chi connectivity index (χ4n) is 3.73. The SMILES string of the molecule is Cc1cc(C(=O)O)cc(C(=O)Nc2ccc(C(=O)N3CCCCC3C)cc2C)c1. The molecular formula is C23H26N2O4. The number of amides is 2. The summed E-state index contributed by atoms with van der Waals surface area (Å²) in [6.45, 7) is 6.43. The summed E-state index contributed by atoms with van der Waals surface area (Å²) in [5.41, 5.74) is 3.03. The fraction of sp³-hybridized carbons (Fsp3) is 0.348. The van der Waals surface area contributed by atoms with Crippen molar-refractivity contribution in [1.82, 2.24) is 4.90 Å². The van der Waals surface area contributed by atoms with Gasteiger partial charge in [0.15, 0.2) is 0 Å². The molecule has 1 fully saturated rings. The van der Waals surface area contributed by atoms with E-state index in [0.29, 0.717) is 16.8 Å². The number of nitrogens with one attached hydrogen (secondary N) is 1. The molecule has 0 bridgehead atoms. The lowest BCUT2D eigenvalue weighted by atomic mass is 10.0. The number of anilines is 1. The molecule has 0 saturated carbocycles. The maximum absolute atomic E-state index is 12.8. The largest absolute Gasteiger partial charge is 0.478 e. The number of nitrogens with zero attached hydrogens (tertiary/aromatic N) is 1. The van der Waals surface area contributed by atoms with E-state index >= 15 is 0 Å². The predicted molar refractivity (Wildman–Crippen MR) is 112 cm³/mol. The Morgan fingerprint density at radius 3 is 2.38 bits per heavy atom. The summed E-state index contributed by atoms with van der Waals surface area (Å²) < 4.78 is 0. The third kappa shape index (κ3) is 4.65. The molecule has 6 nitrogen and oxygen atoms in total. The predicted octanol–water partition coefficient (Wildman–Crippen LogP) is 4.27. The molecule has 1 unspecified atom stereocenters. The molecule has 29 heavy (non-hydrogen) atoms. The summed E-state index contributed by atoms with van der Waals surface area (Å²) in [6, 6.07) is 10.0. The highest BCUT2D eigenvalue weighted by molar-refractivity contribution is 6.06. The van der Waals surface area contributed by atoms with Gasteiger partial charge in [0.1, 0.15) is 0 Å². The highest BCUT2D eigenvalue weighted by atomic mass is 16.4. The number of carbonyl (C=O) groups excluding carboxylic acids is 2. The van der Waals surface area contributed by atoms with Gasteiger partial charge in [-0.25, -0.2) is 4.79 Å². The third-order valence-corrected chi connectivity index (χ3v) is 5.37. The molecule has 0 radical (unpaired) electrons. The van der Waals surface area contributed by atoms with Crippen molar-refractivity contribution in [3.05, 3.63) is 64.2 Å². The summed E-state index contributed by atoms with van der Waals surface area (Å²) in [4.78, 5) is 38.6. The molecule has 0 spiro atoms. The first-order valence-electron chi connectivity index (χ1n) is 9.84. The van der Waals surface area contributed by atoms with Crippen molar-refractivity contribution in [2.75, 3.05) is 11.9 Å². The molecule has 2 aromatic rings. The molecule has 1 saturated heterocycles. The molecule has 3 rings (SSSR count). The monoisotopic (exact) mass is 394 g/mol. The van der Waals surface area contributed by atoms with Crippen molar-refractivity contribution in [1.29, 1.82) is 0 Å². The van der Waals surface area contributed by atoms with Gasteiger partial charge >= 0.3 is 5.97 Å². The minimum Gasteiger partial charge on any atom is -0.478 e. The molecule has 0 aromatic heterocycles. The molecule has 152 valence electrons.